The first kappa shape index (κ1) is 22.8. The highest BCUT2D eigenvalue weighted by Gasteiger charge is 2.29. The molecule has 0 radical (unpaired) electrons. The predicted molar refractivity (Wildman–Crippen MR) is 136 cm³/mol. The van der Waals surface area contributed by atoms with Crippen molar-refractivity contribution >= 4 is 22.6 Å². The fourth-order valence-corrected chi connectivity index (χ4v) is 4.84. The van der Waals surface area contributed by atoms with E-state index < -0.39 is 0 Å². The second-order valence-corrected chi connectivity index (χ2v) is 9.02. The summed E-state index contributed by atoms with van der Waals surface area (Å²) in [4.78, 5) is 15.2. The second kappa shape index (κ2) is 9.74. The molecule has 4 aromatic rings. The lowest BCUT2D eigenvalue weighted by Crippen LogP contribution is -2.43. The zero-order valence-corrected chi connectivity index (χ0v) is 20.4. The Balaban J connectivity index is 1.37. The van der Waals surface area contributed by atoms with Crippen LogP contribution in [0.25, 0.3) is 16.6 Å². The van der Waals surface area contributed by atoms with Gasteiger partial charge in [-0.3, -0.25) is 4.79 Å². The molecular weight excluding hydrogens is 440 g/mol. The highest BCUT2D eigenvalue weighted by Crippen LogP contribution is 2.31. The summed E-state index contributed by atoms with van der Waals surface area (Å²) in [6, 6.07) is 17.8. The Morgan fingerprint density at radius 3 is 2.74 bits per heavy atom. The summed E-state index contributed by atoms with van der Waals surface area (Å²) in [6.07, 6.45) is 1.76. The van der Waals surface area contributed by atoms with Crippen LogP contribution in [0.4, 0.5) is 5.82 Å². The van der Waals surface area contributed by atoms with E-state index in [9.17, 15) is 4.79 Å². The van der Waals surface area contributed by atoms with Crippen LogP contribution in [0.1, 0.15) is 29.8 Å². The van der Waals surface area contributed by atoms with Crippen molar-refractivity contribution in [3.8, 4) is 11.4 Å². The van der Waals surface area contributed by atoms with E-state index in [0.29, 0.717) is 13.1 Å². The highest BCUT2D eigenvalue weighted by molar-refractivity contribution is 5.92. The Bertz CT molecular complexity index is 1350. The van der Waals surface area contributed by atoms with Crippen LogP contribution in [0.3, 0.4) is 0 Å². The summed E-state index contributed by atoms with van der Waals surface area (Å²) in [6.45, 7) is 5.92. The number of benzene rings is 2. The number of carbonyl (C=O) groups excluding carboxylic acids is 1. The van der Waals surface area contributed by atoms with Gasteiger partial charge in [-0.25, -0.2) is 4.68 Å². The first-order valence-electron chi connectivity index (χ1n) is 12.0. The molecule has 0 unspecified atom stereocenters. The fraction of sp³-hybridized carbons (Fsp3) is 0.333. The first-order chi connectivity index (χ1) is 17.0. The van der Waals surface area contributed by atoms with Gasteiger partial charge in [-0.1, -0.05) is 30.3 Å². The van der Waals surface area contributed by atoms with Crippen molar-refractivity contribution in [2.24, 2.45) is 5.92 Å². The largest absolute Gasteiger partial charge is 0.497 e. The third-order valence-corrected chi connectivity index (χ3v) is 6.68. The third-order valence-electron chi connectivity index (χ3n) is 6.68. The van der Waals surface area contributed by atoms with E-state index in [1.54, 1.807) is 7.11 Å². The van der Waals surface area contributed by atoms with Gasteiger partial charge in [0, 0.05) is 19.6 Å². The molecular formula is C27H30N6O2. The Morgan fingerprint density at radius 1 is 1.11 bits per heavy atom. The lowest BCUT2D eigenvalue weighted by Gasteiger charge is -2.32. The molecule has 35 heavy (non-hydrogen) atoms. The van der Waals surface area contributed by atoms with Crippen LogP contribution < -0.4 is 15.0 Å². The standard InChI is InChI=1S/C27H30N6O2/c1-18-24-19(2)33(22-11-5-4-6-12-22)31-25(24)26(30-29-18)32-14-8-10-21(17-32)27(34)28-16-20-9-7-13-23(15-20)35-3/h4-7,9,11-13,15,21H,8,10,14,16-17H2,1-3H3,(H,28,34)/t21-/m0/s1. The molecule has 0 aliphatic carbocycles. The van der Waals surface area contributed by atoms with Gasteiger partial charge in [-0.15, -0.1) is 5.10 Å². The molecule has 0 spiro atoms. The Morgan fingerprint density at radius 2 is 1.94 bits per heavy atom. The van der Waals surface area contributed by atoms with E-state index in [4.69, 9.17) is 9.84 Å². The average molecular weight is 471 g/mol. The normalized spacial score (nSPS) is 15.9. The number of hydrogen-bond acceptors (Lipinski definition) is 6. The third kappa shape index (κ3) is 4.56. The van der Waals surface area contributed by atoms with Crippen molar-refractivity contribution in [1.82, 2.24) is 25.3 Å². The maximum Gasteiger partial charge on any atom is 0.225 e. The number of rotatable bonds is 6. The number of hydrogen-bond donors (Lipinski definition) is 1. The van der Waals surface area contributed by atoms with Crippen LogP contribution in [-0.4, -0.2) is 46.1 Å². The summed E-state index contributed by atoms with van der Waals surface area (Å²) < 4.78 is 7.23. The smallest absolute Gasteiger partial charge is 0.225 e. The molecule has 1 aliphatic rings. The van der Waals surface area contributed by atoms with Gasteiger partial charge in [0.15, 0.2) is 5.82 Å². The SMILES string of the molecule is COc1cccc(CNC(=O)[C@H]2CCCN(c3nnc(C)c4c(C)n(-c5ccccc5)nc34)C2)c1. The van der Waals surface area contributed by atoms with E-state index in [0.717, 1.165) is 64.5 Å². The van der Waals surface area contributed by atoms with E-state index in [1.807, 2.05) is 66.2 Å². The number of carbonyl (C=O) groups is 1. The van der Waals surface area contributed by atoms with Gasteiger partial charge >= 0.3 is 0 Å². The molecule has 8 nitrogen and oxygen atoms in total. The van der Waals surface area contributed by atoms with Crippen molar-refractivity contribution in [1.29, 1.82) is 0 Å². The van der Waals surface area contributed by atoms with E-state index >= 15 is 0 Å². The minimum absolute atomic E-state index is 0.0554. The van der Waals surface area contributed by atoms with Crippen molar-refractivity contribution in [2.45, 2.75) is 33.2 Å². The number of ether oxygens (including phenoxy) is 1. The molecule has 5 rings (SSSR count). The van der Waals surface area contributed by atoms with Crippen molar-refractivity contribution in [3.05, 3.63) is 71.5 Å². The number of fused-ring (bicyclic) bond motifs is 1. The molecule has 1 aliphatic heterocycles. The topological polar surface area (TPSA) is 85.2 Å². The molecule has 1 amide bonds. The molecule has 0 saturated carbocycles. The Kier molecular flexibility index (Phi) is 6.35. The number of aryl methyl sites for hydroxylation is 2. The van der Waals surface area contributed by atoms with Crippen LogP contribution in [0, 0.1) is 19.8 Å². The van der Waals surface area contributed by atoms with Crippen LogP contribution in [0.2, 0.25) is 0 Å². The van der Waals surface area contributed by atoms with Crippen molar-refractivity contribution in [3.63, 3.8) is 0 Å². The van der Waals surface area contributed by atoms with E-state index in [-0.39, 0.29) is 11.8 Å². The lowest BCUT2D eigenvalue weighted by atomic mass is 9.97. The maximum absolute atomic E-state index is 13.0. The number of amides is 1. The Labute approximate surface area is 204 Å². The predicted octanol–water partition coefficient (Wildman–Crippen LogP) is 3.97. The van der Waals surface area contributed by atoms with E-state index in [2.05, 4.69) is 27.3 Å². The highest BCUT2D eigenvalue weighted by atomic mass is 16.5. The van der Waals surface area contributed by atoms with Crippen LogP contribution in [0.15, 0.2) is 54.6 Å². The second-order valence-electron chi connectivity index (χ2n) is 9.02. The van der Waals surface area contributed by atoms with Crippen LogP contribution in [-0.2, 0) is 11.3 Å². The molecule has 180 valence electrons. The molecule has 0 bridgehead atoms. The summed E-state index contributed by atoms with van der Waals surface area (Å²) >= 11 is 0. The molecule has 1 fully saturated rings. The number of methoxy groups -OCH3 is 1. The van der Waals surface area contributed by atoms with Gasteiger partial charge in [0.25, 0.3) is 0 Å². The minimum Gasteiger partial charge on any atom is -0.497 e. The van der Waals surface area contributed by atoms with Gasteiger partial charge < -0.3 is 15.0 Å². The van der Waals surface area contributed by atoms with Gasteiger partial charge in [0.2, 0.25) is 5.91 Å². The summed E-state index contributed by atoms with van der Waals surface area (Å²) in [5.74, 6) is 1.46. The molecule has 1 atom stereocenters. The molecule has 1 saturated heterocycles. The van der Waals surface area contributed by atoms with Crippen LogP contribution >= 0.6 is 0 Å². The minimum atomic E-state index is -0.121. The summed E-state index contributed by atoms with van der Waals surface area (Å²) in [7, 11) is 1.64. The molecule has 3 heterocycles. The zero-order chi connectivity index (χ0) is 24.4. The van der Waals surface area contributed by atoms with Crippen molar-refractivity contribution < 1.29 is 9.53 Å². The summed E-state index contributed by atoms with van der Waals surface area (Å²) in [5.41, 5.74) is 4.73. The first-order valence-corrected chi connectivity index (χ1v) is 12.0. The molecule has 2 aromatic heterocycles. The number of aromatic nitrogens is 4. The number of para-hydroxylation sites is 1. The van der Waals surface area contributed by atoms with E-state index in [1.165, 1.54) is 0 Å². The van der Waals surface area contributed by atoms with Gasteiger partial charge in [-0.2, -0.15) is 10.2 Å². The van der Waals surface area contributed by atoms with Crippen molar-refractivity contribution in [2.75, 3.05) is 25.1 Å². The molecule has 2 aromatic carbocycles. The maximum atomic E-state index is 13.0. The number of piperidine rings is 1. The van der Waals surface area contributed by atoms with Crippen LogP contribution in [0.5, 0.6) is 5.75 Å². The van der Waals surface area contributed by atoms with Gasteiger partial charge in [0.05, 0.1) is 35.5 Å². The van der Waals surface area contributed by atoms with Gasteiger partial charge in [0.1, 0.15) is 11.3 Å². The number of nitrogens with one attached hydrogen (secondary N) is 1. The lowest BCUT2D eigenvalue weighted by molar-refractivity contribution is -0.125. The average Bonchev–Trinajstić information content (AvgIpc) is 3.26. The zero-order valence-electron chi connectivity index (χ0n) is 20.4. The molecule has 8 heteroatoms. The fourth-order valence-electron chi connectivity index (χ4n) is 4.84. The number of nitrogens with zero attached hydrogens (tertiary/aromatic N) is 5. The monoisotopic (exact) mass is 470 g/mol. The quantitative estimate of drug-likeness (QED) is 0.459. The Hall–Kier alpha value is -3.94. The summed E-state index contributed by atoms with van der Waals surface area (Å²) in [5, 5.41) is 18.0. The van der Waals surface area contributed by atoms with Gasteiger partial charge in [-0.05, 0) is 56.5 Å². The molecule has 1 N–H and O–H groups in total. The number of anilines is 1.